The summed E-state index contributed by atoms with van der Waals surface area (Å²) in [4.78, 5) is 25.9. The van der Waals surface area contributed by atoms with Crippen molar-refractivity contribution in [2.75, 3.05) is 6.54 Å². The maximum Gasteiger partial charge on any atom is 0.243 e. The number of nitrogens with one attached hydrogen (secondary N) is 1. The van der Waals surface area contributed by atoms with Gasteiger partial charge in [0.05, 0.1) is 18.8 Å². The van der Waals surface area contributed by atoms with Gasteiger partial charge in [-0.2, -0.15) is 5.10 Å². The fraction of sp³-hybridized carbons (Fsp3) is 0.667. The predicted octanol–water partition coefficient (Wildman–Crippen LogP) is 1.34. The summed E-state index contributed by atoms with van der Waals surface area (Å²) >= 11 is 0. The Hall–Kier alpha value is -1.85. The standard InChI is InChI=1S/C15H24N4O2/c1-10(2)7-13-15(21)16-8-14(20)18(13)9-12-5-6-19(17-12)11(3)4/h5-6,10-11,13H,7-9H2,1-4H3,(H,16,21). The van der Waals surface area contributed by atoms with Crippen molar-refractivity contribution in [2.24, 2.45) is 5.92 Å². The van der Waals surface area contributed by atoms with E-state index in [0.29, 0.717) is 18.9 Å². The Morgan fingerprint density at radius 3 is 2.62 bits per heavy atom. The number of aromatic nitrogens is 2. The van der Waals surface area contributed by atoms with Gasteiger partial charge in [-0.3, -0.25) is 14.3 Å². The first kappa shape index (κ1) is 15.5. The molecule has 1 atom stereocenters. The van der Waals surface area contributed by atoms with Gasteiger partial charge < -0.3 is 10.2 Å². The number of hydrogen-bond donors (Lipinski definition) is 1. The van der Waals surface area contributed by atoms with Gasteiger partial charge in [0.25, 0.3) is 0 Å². The van der Waals surface area contributed by atoms with E-state index in [0.717, 1.165) is 5.69 Å². The van der Waals surface area contributed by atoms with E-state index in [1.807, 2.05) is 16.9 Å². The van der Waals surface area contributed by atoms with Crippen molar-refractivity contribution in [3.05, 3.63) is 18.0 Å². The third kappa shape index (κ3) is 3.62. The predicted molar refractivity (Wildman–Crippen MR) is 79.4 cm³/mol. The summed E-state index contributed by atoms with van der Waals surface area (Å²) in [5.41, 5.74) is 0.820. The van der Waals surface area contributed by atoms with E-state index in [9.17, 15) is 9.59 Å². The number of piperazine rings is 1. The summed E-state index contributed by atoms with van der Waals surface area (Å²) in [6.07, 6.45) is 2.58. The highest BCUT2D eigenvalue weighted by atomic mass is 16.2. The number of rotatable bonds is 5. The zero-order chi connectivity index (χ0) is 15.6. The topological polar surface area (TPSA) is 67.2 Å². The largest absolute Gasteiger partial charge is 0.345 e. The average Bonchev–Trinajstić information content (AvgIpc) is 2.86. The summed E-state index contributed by atoms with van der Waals surface area (Å²) < 4.78 is 1.86. The lowest BCUT2D eigenvalue weighted by Crippen LogP contribution is -2.58. The summed E-state index contributed by atoms with van der Waals surface area (Å²) in [6.45, 7) is 8.69. The number of carbonyl (C=O) groups excluding carboxylic acids is 2. The van der Waals surface area contributed by atoms with E-state index in [4.69, 9.17) is 0 Å². The second kappa shape index (κ2) is 6.28. The van der Waals surface area contributed by atoms with Gasteiger partial charge >= 0.3 is 0 Å². The van der Waals surface area contributed by atoms with Crippen LogP contribution < -0.4 is 5.32 Å². The number of hydrogen-bond acceptors (Lipinski definition) is 3. The summed E-state index contributed by atoms with van der Waals surface area (Å²) in [6, 6.07) is 1.80. The molecule has 1 aliphatic heterocycles. The first-order chi connectivity index (χ1) is 9.88. The second-order valence-corrected chi connectivity index (χ2v) is 6.27. The molecule has 2 amide bonds. The molecule has 1 unspecified atom stereocenters. The van der Waals surface area contributed by atoms with E-state index in [1.165, 1.54) is 0 Å². The Bertz CT molecular complexity index is 521. The lowest BCUT2D eigenvalue weighted by Gasteiger charge is -2.35. The van der Waals surface area contributed by atoms with Crippen LogP contribution >= 0.6 is 0 Å². The third-order valence-corrected chi connectivity index (χ3v) is 3.63. The molecular formula is C15H24N4O2. The van der Waals surface area contributed by atoms with E-state index < -0.39 is 6.04 Å². The molecule has 0 saturated carbocycles. The van der Waals surface area contributed by atoms with Gasteiger partial charge in [-0.25, -0.2) is 0 Å². The number of amides is 2. The molecule has 2 rings (SSSR count). The van der Waals surface area contributed by atoms with E-state index >= 15 is 0 Å². The maximum atomic E-state index is 12.2. The molecule has 1 saturated heterocycles. The van der Waals surface area contributed by atoms with Gasteiger partial charge in [-0.1, -0.05) is 13.8 Å². The summed E-state index contributed by atoms with van der Waals surface area (Å²) in [7, 11) is 0. The SMILES string of the molecule is CC(C)CC1C(=O)NCC(=O)N1Cc1ccn(C(C)C)n1. The zero-order valence-corrected chi connectivity index (χ0v) is 13.2. The lowest BCUT2D eigenvalue weighted by atomic mass is 9.99. The van der Waals surface area contributed by atoms with Crippen molar-refractivity contribution in [3.8, 4) is 0 Å². The van der Waals surface area contributed by atoms with Crippen LogP contribution in [0.2, 0.25) is 0 Å². The van der Waals surface area contributed by atoms with Gasteiger partial charge in [0.2, 0.25) is 11.8 Å². The molecule has 0 aromatic carbocycles. The van der Waals surface area contributed by atoms with Gasteiger partial charge in [0, 0.05) is 12.2 Å². The van der Waals surface area contributed by atoms with Crippen molar-refractivity contribution in [1.82, 2.24) is 20.0 Å². The van der Waals surface area contributed by atoms with Crippen molar-refractivity contribution in [2.45, 2.75) is 52.7 Å². The van der Waals surface area contributed by atoms with Gasteiger partial charge in [0.1, 0.15) is 6.04 Å². The fourth-order valence-corrected chi connectivity index (χ4v) is 2.50. The molecule has 6 heteroatoms. The summed E-state index contributed by atoms with van der Waals surface area (Å²) in [5.74, 6) is 0.244. The zero-order valence-electron chi connectivity index (χ0n) is 13.2. The highest BCUT2D eigenvalue weighted by Crippen LogP contribution is 2.18. The van der Waals surface area contributed by atoms with Crippen molar-refractivity contribution in [1.29, 1.82) is 0 Å². The van der Waals surface area contributed by atoms with Gasteiger partial charge in [-0.05, 0) is 32.3 Å². The van der Waals surface area contributed by atoms with E-state index in [1.54, 1.807) is 4.90 Å². The Kier molecular flexibility index (Phi) is 4.65. The molecule has 0 spiro atoms. The van der Waals surface area contributed by atoms with Crippen LogP contribution in [0.1, 0.15) is 45.9 Å². The Morgan fingerprint density at radius 2 is 2.05 bits per heavy atom. The van der Waals surface area contributed by atoms with Crippen LogP contribution in [0, 0.1) is 5.92 Å². The average molecular weight is 292 g/mol. The normalized spacial score (nSPS) is 19.5. The highest BCUT2D eigenvalue weighted by Gasteiger charge is 2.35. The van der Waals surface area contributed by atoms with Crippen LogP contribution in [0.4, 0.5) is 0 Å². The Labute approximate surface area is 125 Å². The second-order valence-electron chi connectivity index (χ2n) is 6.27. The van der Waals surface area contributed by atoms with Crippen LogP contribution in [0.3, 0.4) is 0 Å². The smallest absolute Gasteiger partial charge is 0.243 e. The molecule has 1 aromatic rings. The number of carbonyl (C=O) groups is 2. The van der Waals surface area contributed by atoms with Gasteiger partial charge in [0.15, 0.2) is 0 Å². The minimum absolute atomic E-state index is 0.0423. The third-order valence-electron chi connectivity index (χ3n) is 3.63. The molecule has 0 radical (unpaired) electrons. The van der Waals surface area contributed by atoms with Crippen LogP contribution in [-0.2, 0) is 16.1 Å². The lowest BCUT2D eigenvalue weighted by molar-refractivity contribution is -0.147. The first-order valence-electron chi connectivity index (χ1n) is 7.49. The van der Waals surface area contributed by atoms with Crippen LogP contribution in [0.25, 0.3) is 0 Å². The molecule has 1 N–H and O–H groups in total. The van der Waals surface area contributed by atoms with Crippen molar-refractivity contribution in [3.63, 3.8) is 0 Å². The van der Waals surface area contributed by atoms with Crippen molar-refractivity contribution >= 4 is 11.8 Å². The molecule has 1 aromatic heterocycles. The molecule has 21 heavy (non-hydrogen) atoms. The maximum absolute atomic E-state index is 12.2. The monoisotopic (exact) mass is 292 g/mol. The first-order valence-corrected chi connectivity index (χ1v) is 7.49. The highest BCUT2D eigenvalue weighted by molar-refractivity contribution is 5.94. The number of nitrogens with zero attached hydrogens (tertiary/aromatic N) is 3. The van der Waals surface area contributed by atoms with Crippen LogP contribution in [-0.4, -0.2) is 39.1 Å². The Morgan fingerprint density at radius 1 is 1.33 bits per heavy atom. The molecule has 6 nitrogen and oxygen atoms in total. The van der Waals surface area contributed by atoms with Crippen LogP contribution in [0.5, 0.6) is 0 Å². The fourth-order valence-electron chi connectivity index (χ4n) is 2.50. The van der Waals surface area contributed by atoms with E-state index in [-0.39, 0.29) is 24.4 Å². The molecule has 2 heterocycles. The molecule has 0 aliphatic carbocycles. The molecule has 116 valence electrons. The van der Waals surface area contributed by atoms with Crippen molar-refractivity contribution < 1.29 is 9.59 Å². The summed E-state index contributed by atoms with van der Waals surface area (Å²) in [5, 5.41) is 7.14. The quantitative estimate of drug-likeness (QED) is 0.890. The minimum Gasteiger partial charge on any atom is -0.345 e. The van der Waals surface area contributed by atoms with Gasteiger partial charge in [-0.15, -0.1) is 0 Å². The van der Waals surface area contributed by atoms with Crippen LogP contribution in [0.15, 0.2) is 12.3 Å². The molecule has 0 bridgehead atoms. The van der Waals surface area contributed by atoms with E-state index in [2.05, 4.69) is 38.1 Å². The Balaban J connectivity index is 2.15. The molecule has 1 fully saturated rings. The molecule has 1 aliphatic rings. The minimum atomic E-state index is -0.393. The molecular weight excluding hydrogens is 268 g/mol.